The quantitative estimate of drug-likeness (QED) is 0.687. The van der Waals surface area contributed by atoms with E-state index in [1.54, 1.807) is 0 Å². The zero-order valence-corrected chi connectivity index (χ0v) is 15.1. The van der Waals surface area contributed by atoms with Gasteiger partial charge in [0.2, 0.25) is 0 Å². The molecule has 5 rings (SSSR count). The van der Waals surface area contributed by atoms with Crippen LogP contribution in [0.25, 0.3) is 0 Å². The highest BCUT2D eigenvalue weighted by atomic mass is 35.5. The van der Waals surface area contributed by atoms with E-state index in [4.69, 9.17) is 11.6 Å². The molecule has 4 aliphatic rings. The fourth-order valence-electron chi connectivity index (χ4n) is 5.80. The molecule has 0 unspecified atom stereocenters. The Balaban J connectivity index is 1.41. The molecule has 0 aliphatic heterocycles. The van der Waals surface area contributed by atoms with Crippen molar-refractivity contribution in [2.75, 3.05) is 11.9 Å². The number of anilines is 1. The molecule has 1 aromatic carbocycles. The lowest BCUT2D eigenvalue weighted by Crippen LogP contribution is -2.51. The van der Waals surface area contributed by atoms with Crippen molar-refractivity contribution in [3.8, 4) is 0 Å². The first-order valence-electron chi connectivity index (χ1n) is 9.14. The van der Waals surface area contributed by atoms with Gasteiger partial charge in [0, 0.05) is 11.6 Å². The second-order valence-electron chi connectivity index (χ2n) is 8.41. The van der Waals surface area contributed by atoms with Crippen molar-refractivity contribution in [2.45, 2.75) is 44.7 Å². The Bertz CT molecular complexity index is 684. The molecule has 4 aliphatic carbocycles. The predicted molar refractivity (Wildman–Crippen MR) is 94.1 cm³/mol. The maximum absolute atomic E-state index is 13.1. The number of nitrogens with one attached hydrogen (secondary N) is 2. The van der Waals surface area contributed by atoms with Gasteiger partial charge in [-0.25, -0.2) is 4.79 Å². The first-order valence-corrected chi connectivity index (χ1v) is 9.52. The van der Waals surface area contributed by atoms with Crippen LogP contribution in [0.5, 0.6) is 0 Å². The third-order valence-corrected chi connectivity index (χ3v) is 6.56. The van der Waals surface area contributed by atoms with Crippen molar-refractivity contribution in [1.82, 2.24) is 5.32 Å². The summed E-state index contributed by atoms with van der Waals surface area (Å²) in [5.74, 6) is 2.29. The van der Waals surface area contributed by atoms with E-state index in [1.807, 2.05) is 0 Å². The summed E-state index contributed by atoms with van der Waals surface area (Å²) in [6.45, 7) is 0.539. The molecule has 0 heterocycles. The molecule has 4 saturated carbocycles. The molecule has 0 radical (unpaired) electrons. The Morgan fingerprint density at radius 3 is 2.23 bits per heavy atom. The summed E-state index contributed by atoms with van der Waals surface area (Å²) in [7, 11) is 0. The largest absolute Gasteiger partial charge is 0.418 e. The van der Waals surface area contributed by atoms with Gasteiger partial charge in [-0.3, -0.25) is 0 Å². The standard InChI is InChI=1S/C19H22ClF3N2O/c20-14-1-2-16(15(6-14)19(21,22)23)25-17(26)24-10-18-7-11-3-12(8-18)5-13(4-11)9-18/h1-2,6,11-13H,3-5,7-10H2,(H2,24,25,26). The number of amides is 2. The van der Waals surface area contributed by atoms with Gasteiger partial charge in [-0.05, 0) is 79.9 Å². The number of carbonyl (C=O) groups excluding carboxylic acids is 1. The molecule has 142 valence electrons. The lowest BCUT2D eigenvalue weighted by Gasteiger charge is -2.56. The van der Waals surface area contributed by atoms with Gasteiger partial charge in [-0.1, -0.05) is 11.6 Å². The van der Waals surface area contributed by atoms with Crippen LogP contribution in [0.15, 0.2) is 18.2 Å². The highest BCUT2D eigenvalue weighted by Crippen LogP contribution is 2.59. The molecule has 2 N–H and O–H groups in total. The zero-order chi connectivity index (χ0) is 18.5. The van der Waals surface area contributed by atoms with E-state index in [1.165, 1.54) is 31.4 Å². The summed E-state index contributed by atoms with van der Waals surface area (Å²) >= 11 is 5.67. The van der Waals surface area contributed by atoms with Crippen LogP contribution < -0.4 is 10.6 Å². The van der Waals surface area contributed by atoms with Gasteiger partial charge in [-0.2, -0.15) is 13.2 Å². The van der Waals surface area contributed by atoms with E-state index in [2.05, 4.69) is 10.6 Å². The molecule has 0 spiro atoms. The Labute approximate surface area is 155 Å². The van der Waals surface area contributed by atoms with Crippen molar-refractivity contribution in [1.29, 1.82) is 0 Å². The summed E-state index contributed by atoms with van der Waals surface area (Å²) in [6, 6.07) is 2.77. The molecule has 4 bridgehead atoms. The zero-order valence-electron chi connectivity index (χ0n) is 14.3. The summed E-state index contributed by atoms with van der Waals surface area (Å²) in [5.41, 5.74) is -1.07. The number of carbonyl (C=O) groups is 1. The smallest absolute Gasteiger partial charge is 0.337 e. The molecule has 0 atom stereocenters. The van der Waals surface area contributed by atoms with Gasteiger partial charge in [0.25, 0.3) is 0 Å². The topological polar surface area (TPSA) is 41.1 Å². The predicted octanol–water partition coefficient (Wildman–Crippen LogP) is 5.70. The molecule has 0 aromatic heterocycles. The first-order chi connectivity index (χ1) is 12.2. The van der Waals surface area contributed by atoms with Crippen LogP contribution in [0.2, 0.25) is 5.02 Å². The summed E-state index contributed by atoms with van der Waals surface area (Å²) < 4.78 is 39.4. The van der Waals surface area contributed by atoms with Gasteiger partial charge >= 0.3 is 12.2 Å². The maximum atomic E-state index is 13.1. The Morgan fingerprint density at radius 2 is 1.69 bits per heavy atom. The van der Waals surface area contributed by atoms with Crippen molar-refractivity contribution in [3.63, 3.8) is 0 Å². The Hall–Kier alpha value is -1.43. The average molecular weight is 387 g/mol. The third-order valence-electron chi connectivity index (χ3n) is 6.32. The van der Waals surface area contributed by atoms with Gasteiger partial charge in [0.15, 0.2) is 0 Å². The normalized spacial score (nSPS) is 32.5. The van der Waals surface area contributed by atoms with Crippen LogP contribution in [0.3, 0.4) is 0 Å². The van der Waals surface area contributed by atoms with E-state index >= 15 is 0 Å². The number of hydrogen-bond donors (Lipinski definition) is 2. The first kappa shape index (κ1) is 18.0. The number of urea groups is 1. The molecule has 3 nitrogen and oxygen atoms in total. The minimum atomic E-state index is -4.58. The van der Waals surface area contributed by atoms with Crippen molar-refractivity contribution in [2.24, 2.45) is 23.2 Å². The Morgan fingerprint density at radius 1 is 1.12 bits per heavy atom. The van der Waals surface area contributed by atoms with Crippen LogP contribution in [-0.4, -0.2) is 12.6 Å². The lowest BCUT2D eigenvalue weighted by atomic mass is 9.49. The molecular formula is C19H22ClF3N2O. The van der Waals surface area contributed by atoms with Crippen LogP contribution >= 0.6 is 11.6 Å². The van der Waals surface area contributed by atoms with Crippen molar-refractivity contribution in [3.05, 3.63) is 28.8 Å². The second kappa shape index (κ2) is 6.32. The number of benzene rings is 1. The highest BCUT2D eigenvalue weighted by molar-refractivity contribution is 6.30. The number of halogens is 4. The molecule has 2 amide bonds. The minimum Gasteiger partial charge on any atom is -0.337 e. The highest BCUT2D eigenvalue weighted by Gasteiger charge is 2.50. The summed E-state index contributed by atoms with van der Waals surface area (Å²) in [5, 5.41) is 5.16. The van der Waals surface area contributed by atoms with Crippen molar-refractivity contribution >= 4 is 23.3 Å². The monoisotopic (exact) mass is 386 g/mol. The average Bonchev–Trinajstić information content (AvgIpc) is 2.52. The fourth-order valence-corrected chi connectivity index (χ4v) is 5.97. The molecule has 4 fully saturated rings. The molecular weight excluding hydrogens is 365 g/mol. The molecule has 1 aromatic rings. The lowest BCUT2D eigenvalue weighted by molar-refractivity contribution is -0.136. The molecule has 26 heavy (non-hydrogen) atoms. The second-order valence-corrected chi connectivity index (χ2v) is 8.85. The number of rotatable bonds is 3. The van der Waals surface area contributed by atoms with Crippen LogP contribution in [0.1, 0.15) is 44.1 Å². The van der Waals surface area contributed by atoms with Crippen LogP contribution in [0.4, 0.5) is 23.7 Å². The van der Waals surface area contributed by atoms with E-state index in [0.29, 0.717) is 6.54 Å². The summed E-state index contributed by atoms with van der Waals surface area (Å²) in [6.07, 6.45) is 2.75. The van der Waals surface area contributed by atoms with Crippen LogP contribution in [-0.2, 0) is 6.18 Å². The Kier molecular flexibility index (Phi) is 4.37. The fraction of sp³-hybridized carbons (Fsp3) is 0.632. The minimum absolute atomic E-state index is 0.0168. The van der Waals surface area contributed by atoms with Gasteiger partial charge < -0.3 is 10.6 Å². The van der Waals surface area contributed by atoms with E-state index < -0.39 is 17.8 Å². The van der Waals surface area contributed by atoms with E-state index in [9.17, 15) is 18.0 Å². The molecule has 0 saturated heterocycles. The number of alkyl halides is 3. The van der Waals surface area contributed by atoms with E-state index in [0.717, 1.165) is 43.1 Å². The summed E-state index contributed by atoms with van der Waals surface area (Å²) in [4.78, 5) is 12.2. The van der Waals surface area contributed by atoms with Gasteiger partial charge in [-0.15, -0.1) is 0 Å². The van der Waals surface area contributed by atoms with Gasteiger partial charge in [0.1, 0.15) is 0 Å². The third kappa shape index (κ3) is 3.53. The van der Waals surface area contributed by atoms with Crippen LogP contribution in [0, 0.1) is 23.2 Å². The maximum Gasteiger partial charge on any atom is 0.418 e. The van der Waals surface area contributed by atoms with Gasteiger partial charge in [0.05, 0.1) is 11.3 Å². The van der Waals surface area contributed by atoms with E-state index in [-0.39, 0.29) is 16.1 Å². The molecule has 7 heteroatoms. The van der Waals surface area contributed by atoms with Crippen molar-refractivity contribution < 1.29 is 18.0 Å². The number of hydrogen-bond acceptors (Lipinski definition) is 1. The SMILES string of the molecule is O=C(NCC12CC3CC(CC(C3)C1)C2)Nc1ccc(Cl)cc1C(F)(F)F.